The first-order chi connectivity index (χ1) is 13.2. The Morgan fingerprint density at radius 2 is 1.89 bits per heavy atom. The quantitative estimate of drug-likeness (QED) is 0.660. The topological polar surface area (TPSA) is 73.3 Å². The first-order valence-electron chi connectivity index (χ1n) is 8.77. The molecule has 0 bridgehead atoms. The predicted octanol–water partition coefficient (Wildman–Crippen LogP) is 4.36. The van der Waals surface area contributed by atoms with Crippen LogP contribution >= 0.6 is 11.6 Å². The number of halogens is 1. The highest BCUT2D eigenvalue weighted by atomic mass is 35.5. The summed E-state index contributed by atoms with van der Waals surface area (Å²) in [6, 6.07) is 14.5. The average Bonchev–Trinajstić information content (AvgIpc) is 3.21. The maximum atomic E-state index is 12.7. The molecule has 2 heterocycles. The van der Waals surface area contributed by atoms with Gasteiger partial charge in [-0.2, -0.15) is 0 Å². The van der Waals surface area contributed by atoms with Crippen molar-refractivity contribution in [3.63, 3.8) is 0 Å². The van der Waals surface area contributed by atoms with Gasteiger partial charge in [0.1, 0.15) is 6.61 Å². The molecule has 138 valence electrons. The Morgan fingerprint density at radius 3 is 2.59 bits per heavy atom. The average molecular weight is 384 g/mol. The van der Waals surface area contributed by atoms with E-state index in [4.69, 9.17) is 21.1 Å². The molecule has 1 aromatic heterocycles. The van der Waals surface area contributed by atoms with Crippen LogP contribution in [0.1, 0.15) is 23.3 Å². The third kappa shape index (κ3) is 4.18. The molecule has 1 aliphatic rings. The second-order valence-electron chi connectivity index (χ2n) is 6.27. The number of aromatic nitrogens is 2. The lowest BCUT2D eigenvalue weighted by Gasteiger charge is -2.13. The summed E-state index contributed by atoms with van der Waals surface area (Å²) in [5, 5.41) is 3.76. The highest BCUT2D eigenvalue weighted by molar-refractivity contribution is 6.30. The molecule has 0 saturated carbocycles. The highest BCUT2D eigenvalue weighted by Crippen LogP contribution is 2.23. The van der Waals surface area contributed by atoms with Crippen molar-refractivity contribution in [3.05, 3.63) is 59.2 Å². The third-order valence-electron chi connectivity index (χ3n) is 4.30. The van der Waals surface area contributed by atoms with E-state index in [1.165, 1.54) is 0 Å². The van der Waals surface area contributed by atoms with Crippen molar-refractivity contribution in [2.45, 2.75) is 18.9 Å². The number of hydrogen-bond acceptors (Lipinski definition) is 6. The minimum absolute atomic E-state index is 0.0463. The van der Waals surface area contributed by atoms with Gasteiger partial charge in [-0.3, -0.25) is 0 Å². The summed E-state index contributed by atoms with van der Waals surface area (Å²) in [4.78, 5) is 21.7. The van der Waals surface area contributed by atoms with Gasteiger partial charge >= 0.3 is 5.97 Å². The first kappa shape index (κ1) is 17.7. The number of anilines is 2. The van der Waals surface area contributed by atoms with E-state index in [0.717, 1.165) is 18.5 Å². The predicted molar refractivity (Wildman–Crippen MR) is 104 cm³/mol. The summed E-state index contributed by atoms with van der Waals surface area (Å²) < 4.78 is 10.9. The Bertz CT molecular complexity index is 956. The number of hydrogen-bond donors (Lipinski definition) is 1. The second-order valence-corrected chi connectivity index (χ2v) is 6.71. The molecular weight excluding hydrogens is 366 g/mol. The molecule has 0 aliphatic carbocycles. The molecule has 27 heavy (non-hydrogen) atoms. The maximum absolute atomic E-state index is 12.7. The van der Waals surface area contributed by atoms with Crippen molar-refractivity contribution in [2.75, 3.05) is 18.5 Å². The minimum Gasteiger partial charge on any atom is -0.458 e. The number of nitrogens with zero attached hydrogens (tertiary/aromatic N) is 2. The van der Waals surface area contributed by atoms with Crippen LogP contribution < -0.4 is 5.32 Å². The van der Waals surface area contributed by atoms with E-state index in [9.17, 15) is 4.79 Å². The van der Waals surface area contributed by atoms with Gasteiger partial charge in [-0.05, 0) is 49.2 Å². The van der Waals surface area contributed by atoms with Gasteiger partial charge in [0.2, 0.25) is 0 Å². The molecule has 0 spiro atoms. The second kappa shape index (κ2) is 7.90. The molecule has 4 rings (SSSR count). The van der Waals surface area contributed by atoms with E-state index in [-0.39, 0.29) is 18.4 Å². The van der Waals surface area contributed by atoms with E-state index >= 15 is 0 Å². The molecule has 2 aromatic carbocycles. The van der Waals surface area contributed by atoms with Crippen molar-refractivity contribution in [2.24, 2.45) is 0 Å². The smallest absolute Gasteiger partial charge is 0.360 e. The molecule has 6 nitrogen and oxygen atoms in total. The lowest BCUT2D eigenvalue weighted by molar-refractivity contribution is 0.0157. The van der Waals surface area contributed by atoms with Crippen LogP contribution in [0.5, 0.6) is 0 Å². The van der Waals surface area contributed by atoms with Gasteiger partial charge in [0.15, 0.2) is 11.5 Å². The fraction of sp³-hybridized carbons (Fsp3) is 0.250. The number of nitrogens with one attached hydrogen (secondary N) is 1. The summed E-state index contributed by atoms with van der Waals surface area (Å²) >= 11 is 5.94. The summed E-state index contributed by atoms with van der Waals surface area (Å²) in [6.45, 7) is 0.926. The molecule has 1 fully saturated rings. The number of benzene rings is 2. The largest absolute Gasteiger partial charge is 0.458 e. The van der Waals surface area contributed by atoms with Crippen LogP contribution in [0.2, 0.25) is 5.02 Å². The number of rotatable bonds is 5. The molecule has 1 aliphatic heterocycles. The van der Waals surface area contributed by atoms with E-state index in [1.54, 1.807) is 24.3 Å². The Kier molecular flexibility index (Phi) is 5.18. The first-order valence-corrected chi connectivity index (χ1v) is 9.15. The van der Waals surface area contributed by atoms with Gasteiger partial charge in [-0.1, -0.05) is 23.7 Å². The summed E-state index contributed by atoms with van der Waals surface area (Å²) in [5.74, 6) is -0.187. The summed E-state index contributed by atoms with van der Waals surface area (Å²) in [7, 11) is 0. The molecule has 0 amide bonds. The van der Waals surface area contributed by atoms with E-state index in [0.29, 0.717) is 28.5 Å². The zero-order chi connectivity index (χ0) is 18.6. The fourth-order valence-corrected chi connectivity index (χ4v) is 3.04. The van der Waals surface area contributed by atoms with E-state index in [2.05, 4.69) is 15.3 Å². The number of carbonyl (C=O) groups is 1. The van der Waals surface area contributed by atoms with Crippen molar-refractivity contribution in [1.82, 2.24) is 9.97 Å². The Morgan fingerprint density at radius 1 is 1.15 bits per heavy atom. The van der Waals surface area contributed by atoms with Gasteiger partial charge in [-0.15, -0.1) is 0 Å². The van der Waals surface area contributed by atoms with Gasteiger partial charge in [0, 0.05) is 17.3 Å². The zero-order valence-corrected chi connectivity index (χ0v) is 15.3. The summed E-state index contributed by atoms with van der Waals surface area (Å²) in [5.41, 5.74) is 2.20. The fourth-order valence-electron chi connectivity index (χ4n) is 2.91. The van der Waals surface area contributed by atoms with Crippen LogP contribution in [-0.4, -0.2) is 35.3 Å². The Labute approximate surface area is 161 Å². The monoisotopic (exact) mass is 383 g/mol. The van der Waals surface area contributed by atoms with Gasteiger partial charge in [-0.25, -0.2) is 14.8 Å². The van der Waals surface area contributed by atoms with Crippen LogP contribution in [-0.2, 0) is 9.47 Å². The molecule has 3 aromatic rings. The Hall–Kier alpha value is -2.70. The summed E-state index contributed by atoms with van der Waals surface area (Å²) in [6.07, 6.45) is 1.84. The number of fused-ring (bicyclic) bond motifs is 1. The molecular formula is C20H18ClN3O3. The minimum atomic E-state index is -0.528. The Balaban J connectivity index is 1.63. The van der Waals surface area contributed by atoms with Gasteiger partial charge < -0.3 is 14.8 Å². The van der Waals surface area contributed by atoms with Crippen molar-refractivity contribution in [1.29, 1.82) is 0 Å². The zero-order valence-electron chi connectivity index (χ0n) is 14.5. The molecule has 1 N–H and O–H groups in total. The molecule has 0 radical (unpaired) electrons. The normalized spacial score (nSPS) is 16.4. The molecule has 0 unspecified atom stereocenters. The standard InChI is InChI=1S/C20H18ClN3O3/c21-13-7-9-14(10-8-13)22-19-18(20(25)27-12-15-4-3-11-26-15)23-16-5-1-2-6-17(16)24-19/h1-2,5-10,15H,3-4,11-12H2,(H,22,24)/t15-/m0/s1. The maximum Gasteiger partial charge on any atom is 0.360 e. The lowest BCUT2D eigenvalue weighted by Crippen LogP contribution is -2.19. The third-order valence-corrected chi connectivity index (χ3v) is 4.55. The molecule has 7 heteroatoms. The number of ether oxygens (including phenoxy) is 2. The highest BCUT2D eigenvalue weighted by Gasteiger charge is 2.22. The van der Waals surface area contributed by atoms with Crippen molar-refractivity contribution < 1.29 is 14.3 Å². The van der Waals surface area contributed by atoms with E-state index in [1.807, 2.05) is 24.3 Å². The van der Waals surface area contributed by atoms with Crippen LogP contribution in [0.3, 0.4) is 0 Å². The van der Waals surface area contributed by atoms with Crippen LogP contribution in [0.25, 0.3) is 11.0 Å². The van der Waals surface area contributed by atoms with Crippen LogP contribution in [0.4, 0.5) is 11.5 Å². The van der Waals surface area contributed by atoms with Gasteiger partial charge in [0.25, 0.3) is 0 Å². The number of carbonyl (C=O) groups excluding carboxylic acids is 1. The van der Waals surface area contributed by atoms with Crippen molar-refractivity contribution >= 4 is 40.1 Å². The molecule has 1 atom stereocenters. The number of esters is 1. The van der Waals surface area contributed by atoms with Gasteiger partial charge in [0.05, 0.1) is 17.1 Å². The number of para-hydroxylation sites is 2. The van der Waals surface area contributed by atoms with Crippen molar-refractivity contribution in [3.8, 4) is 0 Å². The lowest BCUT2D eigenvalue weighted by atomic mass is 10.2. The van der Waals surface area contributed by atoms with Crippen LogP contribution in [0, 0.1) is 0 Å². The SMILES string of the molecule is O=C(OC[C@@H]1CCCO1)c1nc2ccccc2nc1Nc1ccc(Cl)cc1. The van der Waals surface area contributed by atoms with Crippen LogP contribution in [0.15, 0.2) is 48.5 Å². The molecule has 1 saturated heterocycles. The van der Waals surface area contributed by atoms with E-state index < -0.39 is 5.97 Å².